The average molecular weight is 445 g/mol. The summed E-state index contributed by atoms with van der Waals surface area (Å²) in [6, 6.07) is 6.38. The van der Waals surface area contributed by atoms with E-state index in [1.165, 1.54) is 12.1 Å². The van der Waals surface area contributed by atoms with Gasteiger partial charge in [-0.25, -0.2) is 22.0 Å². The van der Waals surface area contributed by atoms with E-state index in [4.69, 9.17) is 5.14 Å². The van der Waals surface area contributed by atoms with Crippen molar-refractivity contribution in [3.63, 3.8) is 0 Å². The Morgan fingerprint density at radius 1 is 1.07 bits per heavy atom. The van der Waals surface area contributed by atoms with E-state index in [0.717, 1.165) is 18.4 Å². The first-order valence-electron chi connectivity index (χ1n) is 9.91. The Morgan fingerprint density at radius 2 is 1.62 bits per heavy atom. The van der Waals surface area contributed by atoms with Gasteiger partial charge in [0.05, 0.1) is 15.4 Å². The molecule has 164 valence electrons. The molecule has 0 radical (unpaired) electrons. The topological polar surface area (TPSA) is 115 Å². The Labute approximate surface area is 174 Å². The van der Waals surface area contributed by atoms with E-state index in [-0.39, 0.29) is 22.5 Å². The first kappa shape index (κ1) is 23.8. The minimum atomic E-state index is -3.69. The number of benzene rings is 1. The smallest absolute Gasteiger partial charge is 0.238 e. The molecule has 1 heterocycles. The molecule has 1 aromatic carbocycles. The second-order valence-electron chi connectivity index (χ2n) is 8.76. The van der Waals surface area contributed by atoms with Gasteiger partial charge >= 0.3 is 0 Å². The van der Waals surface area contributed by atoms with Gasteiger partial charge in [-0.05, 0) is 70.1 Å². The van der Waals surface area contributed by atoms with Crippen molar-refractivity contribution in [3.8, 4) is 0 Å². The zero-order valence-electron chi connectivity index (χ0n) is 17.4. The van der Waals surface area contributed by atoms with Crippen LogP contribution in [0.15, 0.2) is 29.2 Å². The first-order chi connectivity index (χ1) is 13.3. The molecule has 7 nitrogen and oxygen atoms in total. The maximum atomic E-state index is 12.4. The molecule has 1 saturated heterocycles. The number of primary sulfonamides is 1. The fraction of sp³-hybridized carbons (Fsp3) is 0.650. The number of piperidine rings is 1. The molecule has 2 rings (SSSR count). The van der Waals surface area contributed by atoms with E-state index in [9.17, 15) is 21.6 Å². The number of amides is 1. The van der Waals surface area contributed by atoms with E-state index in [0.29, 0.717) is 32.4 Å². The molecule has 0 unspecified atom stereocenters. The van der Waals surface area contributed by atoms with Crippen LogP contribution in [0.4, 0.5) is 0 Å². The van der Waals surface area contributed by atoms with Gasteiger partial charge in [-0.2, -0.15) is 0 Å². The highest BCUT2D eigenvalue weighted by molar-refractivity contribution is 7.92. The average Bonchev–Trinajstić information content (AvgIpc) is 2.60. The Kier molecular flexibility index (Phi) is 7.51. The second-order valence-corrected chi connectivity index (χ2v) is 13.1. The third-order valence-electron chi connectivity index (χ3n) is 5.46. The van der Waals surface area contributed by atoms with Crippen LogP contribution in [-0.2, 0) is 31.1 Å². The number of sulfone groups is 1. The van der Waals surface area contributed by atoms with E-state index in [2.05, 4.69) is 0 Å². The molecule has 0 saturated carbocycles. The van der Waals surface area contributed by atoms with Gasteiger partial charge < -0.3 is 4.90 Å². The molecule has 1 aliphatic rings. The Hall–Kier alpha value is -1.45. The first-order valence-corrected chi connectivity index (χ1v) is 13.1. The van der Waals surface area contributed by atoms with Crippen LogP contribution in [0.3, 0.4) is 0 Å². The van der Waals surface area contributed by atoms with E-state index in [1.807, 2.05) is 4.90 Å². The normalized spacial score (nSPS) is 16.8. The summed E-state index contributed by atoms with van der Waals surface area (Å²) in [7, 11) is -6.83. The van der Waals surface area contributed by atoms with E-state index >= 15 is 0 Å². The number of rotatable bonds is 7. The lowest BCUT2D eigenvalue weighted by atomic mass is 9.98. The van der Waals surface area contributed by atoms with Crippen molar-refractivity contribution in [2.75, 3.05) is 18.8 Å². The highest BCUT2D eigenvalue weighted by Crippen LogP contribution is 2.25. The van der Waals surface area contributed by atoms with Crippen molar-refractivity contribution in [1.29, 1.82) is 0 Å². The van der Waals surface area contributed by atoms with Crippen LogP contribution in [0.25, 0.3) is 0 Å². The van der Waals surface area contributed by atoms with Crippen molar-refractivity contribution >= 4 is 25.8 Å². The highest BCUT2D eigenvalue weighted by Gasteiger charge is 2.33. The highest BCUT2D eigenvalue weighted by atomic mass is 32.2. The molecule has 0 atom stereocenters. The summed E-state index contributed by atoms with van der Waals surface area (Å²) in [4.78, 5) is 14.3. The predicted molar refractivity (Wildman–Crippen MR) is 114 cm³/mol. The van der Waals surface area contributed by atoms with Crippen LogP contribution in [0.5, 0.6) is 0 Å². The number of carbonyl (C=O) groups is 1. The molecular formula is C20H32N2O5S2. The van der Waals surface area contributed by atoms with Gasteiger partial charge in [-0.3, -0.25) is 4.79 Å². The van der Waals surface area contributed by atoms with Crippen molar-refractivity contribution in [1.82, 2.24) is 4.90 Å². The lowest BCUT2D eigenvalue weighted by Crippen LogP contribution is -2.41. The summed E-state index contributed by atoms with van der Waals surface area (Å²) in [5.41, 5.74) is 0.955. The molecule has 0 bridgehead atoms. The second kappa shape index (κ2) is 9.14. The van der Waals surface area contributed by atoms with Gasteiger partial charge in [0.15, 0.2) is 9.84 Å². The molecule has 0 spiro atoms. The van der Waals surface area contributed by atoms with Crippen LogP contribution in [0.2, 0.25) is 0 Å². The van der Waals surface area contributed by atoms with E-state index in [1.54, 1.807) is 32.9 Å². The summed E-state index contributed by atoms with van der Waals surface area (Å²) in [6.45, 7) is 6.38. The number of hydrogen-bond acceptors (Lipinski definition) is 5. The largest absolute Gasteiger partial charge is 0.343 e. The number of aryl methyl sites for hydroxylation is 1. The van der Waals surface area contributed by atoms with Gasteiger partial charge in [0.1, 0.15) is 0 Å². The zero-order valence-corrected chi connectivity index (χ0v) is 19.1. The lowest BCUT2D eigenvalue weighted by molar-refractivity contribution is -0.132. The minimum Gasteiger partial charge on any atom is -0.343 e. The maximum absolute atomic E-state index is 12.4. The Bertz CT molecular complexity index is 909. The van der Waals surface area contributed by atoms with Crippen LogP contribution in [0, 0.1) is 5.92 Å². The van der Waals surface area contributed by atoms with Crippen LogP contribution in [-0.4, -0.2) is 51.2 Å². The molecule has 0 aromatic heterocycles. The summed E-state index contributed by atoms with van der Waals surface area (Å²) in [5, 5.41) is 5.08. The van der Waals surface area contributed by atoms with Gasteiger partial charge in [0.25, 0.3) is 0 Å². The summed E-state index contributed by atoms with van der Waals surface area (Å²) < 4.78 is 46.5. The van der Waals surface area contributed by atoms with Gasteiger partial charge in [0, 0.05) is 19.5 Å². The van der Waals surface area contributed by atoms with Crippen molar-refractivity contribution in [2.45, 2.75) is 62.5 Å². The Morgan fingerprint density at radius 3 is 2.10 bits per heavy atom. The monoisotopic (exact) mass is 444 g/mol. The van der Waals surface area contributed by atoms with Gasteiger partial charge in [-0.15, -0.1) is 0 Å². The molecular weight excluding hydrogens is 412 g/mol. The molecule has 1 aromatic rings. The number of sulfonamides is 1. The predicted octanol–water partition coefficient (Wildman–Crippen LogP) is 2.11. The number of hydrogen-bond donors (Lipinski definition) is 1. The molecule has 1 aliphatic heterocycles. The third-order valence-corrected chi connectivity index (χ3v) is 9.17. The van der Waals surface area contributed by atoms with E-state index < -0.39 is 24.6 Å². The third kappa shape index (κ3) is 6.79. The summed E-state index contributed by atoms with van der Waals surface area (Å²) in [5.74, 6) is 0.386. The SMILES string of the molecule is CC(C)(C)S(=O)(=O)CC1CCN(C(=O)CCCc2ccc(S(N)(=O)=O)cc2)CC1. The van der Waals surface area contributed by atoms with Crippen molar-refractivity contribution in [3.05, 3.63) is 29.8 Å². The molecule has 2 N–H and O–H groups in total. The van der Waals surface area contributed by atoms with Crippen molar-refractivity contribution in [2.24, 2.45) is 11.1 Å². The van der Waals surface area contributed by atoms with Crippen LogP contribution < -0.4 is 5.14 Å². The molecule has 9 heteroatoms. The molecule has 1 amide bonds. The van der Waals surface area contributed by atoms with Crippen LogP contribution in [0.1, 0.15) is 52.0 Å². The van der Waals surface area contributed by atoms with Gasteiger partial charge in [-0.1, -0.05) is 12.1 Å². The Balaban J connectivity index is 1.76. The number of nitrogens with two attached hydrogens (primary N) is 1. The summed E-state index contributed by atoms with van der Waals surface area (Å²) >= 11 is 0. The standard InChI is InChI=1S/C20H32N2O5S2/c1-20(2,3)28(24,25)15-17-11-13-22(14-12-17)19(23)6-4-5-16-7-9-18(10-8-16)29(21,26)27/h7-10,17H,4-6,11-15H2,1-3H3,(H2,21,26,27). The lowest BCUT2D eigenvalue weighted by Gasteiger charge is -2.33. The fourth-order valence-electron chi connectivity index (χ4n) is 3.36. The fourth-order valence-corrected chi connectivity index (χ4v) is 5.33. The maximum Gasteiger partial charge on any atom is 0.238 e. The molecule has 29 heavy (non-hydrogen) atoms. The van der Waals surface area contributed by atoms with Crippen molar-refractivity contribution < 1.29 is 21.6 Å². The van der Waals surface area contributed by atoms with Crippen LogP contribution >= 0.6 is 0 Å². The molecule has 1 fully saturated rings. The number of likely N-dealkylation sites (tertiary alicyclic amines) is 1. The number of nitrogens with zero attached hydrogens (tertiary/aromatic N) is 1. The van der Waals surface area contributed by atoms with Gasteiger partial charge in [0.2, 0.25) is 15.9 Å². The number of carbonyl (C=O) groups excluding carboxylic acids is 1. The quantitative estimate of drug-likeness (QED) is 0.692. The summed E-state index contributed by atoms with van der Waals surface area (Å²) in [6.07, 6.45) is 3.21. The minimum absolute atomic E-state index is 0.0775. The zero-order chi connectivity index (χ0) is 21.9. The molecule has 0 aliphatic carbocycles.